The van der Waals surface area contributed by atoms with Gasteiger partial charge in [-0.15, -0.1) is 23.7 Å². The molecule has 2 heterocycles. The average Bonchev–Trinajstić information content (AvgIpc) is 2.81. The van der Waals surface area contributed by atoms with Gasteiger partial charge in [-0.25, -0.2) is 4.79 Å². The molecule has 20 heavy (non-hydrogen) atoms. The number of piperidine rings is 1. The van der Waals surface area contributed by atoms with E-state index in [0.717, 1.165) is 37.1 Å². The normalized spacial score (nSPS) is 14.6. The quantitative estimate of drug-likeness (QED) is 0.682. The number of allylic oxidation sites excluding steroid dienone is 1. The van der Waals surface area contributed by atoms with Crippen LogP contribution in [0.3, 0.4) is 0 Å². The van der Waals surface area contributed by atoms with Crippen molar-refractivity contribution in [2.45, 2.75) is 32.6 Å². The molecule has 1 N–H and O–H groups in total. The van der Waals surface area contributed by atoms with Crippen LogP contribution in [-0.4, -0.2) is 26.2 Å². The first-order valence-electron chi connectivity index (χ1n) is 6.76. The molecule has 3 nitrogen and oxygen atoms in total. The molecule has 0 aliphatic carbocycles. The van der Waals surface area contributed by atoms with Gasteiger partial charge in [0.15, 0.2) is 0 Å². The predicted octanol–water partition coefficient (Wildman–Crippen LogP) is 3.51. The van der Waals surface area contributed by atoms with Crippen LogP contribution in [0.2, 0.25) is 0 Å². The van der Waals surface area contributed by atoms with E-state index in [2.05, 4.69) is 11.4 Å². The summed E-state index contributed by atoms with van der Waals surface area (Å²) in [7, 11) is 1.43. The lowest BCUT2D eigenvalue weighted by Crippen LogP contribution is -2.23. The largest absolute Gasteiger partial charge is 0.465 e. The van der Waals surface area contributed by atoms with Gasteiger partial charge in [-0.1, -0.05) is 11.6 Å². The van der Waals surface area contributed by atoms with Crippen molar-refractivity contribution in [1.82, 2.24) is 5.32 Å². The Kier molecular flexibility index (Phi) is 7.27. The minimum Gasteiger partial charge on any atom is -0.465 e. The van der Waals surface area contributed by atoms with E-state index in [1.807, 2.05) is 12.3 Å². The number of carbonyl (C=O) groups excluding carboxylic acids is 1. The van der Waals surface area contributed by atoms with Gasteiger partial charge < -0.3 is 10.1 Å². The number of halogens is 1. The molecule has 2 rings (SSSR count). The van der Waals surface area contributed by atoms with Crippen LogP contribution in [0.1, 0.15) is 40.1 Å². The molecule has 1 aromatic rings. The summed E-state index contributed by atoms with van der Waals surface area (Å²) in [6.45, 7) is 4.22. The Morgan fingerprint density at radius 1 is 1.45 bits per heavy atom. The average molecular weight is 316 g/mol. The van der Waals surface area contributed by atoms with E-state index >= 15 is 0 Å². The Balaban J connectivity index is 0.00000200. The van der Waals surface area contributed by atoms with E-state index in [-0.39, 0.29) is 18.4 Å². The summed E-state index contributed by atoms with van der Waals surface area (Å²) in [5, 5.41) is 5.27. The van der Waals surface area contributed by atoms with Crippen molar-refractivity contribution in [2.24, 2.45) is 0 Å². The fraction of sp³-hybridized carbons (Fsp3) is 0.533. The number of carbonyl (C=O) groups is 1. The zero-order valence-electron chi connectivity index (χ0n) is 12.0. The van der Waals surface area contributed by atoms with E-state index in [1.165, 1.54) is 24.8 Å². The highest BCUT2D eigenvalue weighted by molar-refractivity contribution is 7.10. The molecule has 0 unspecified atom stereocenters. The Hall–Kier alpha value is -0.840. The van der Waals surface area contributed by atoms with Gasteiger partial charge >= 0.3 is 5.97 Å². The molecule has 112 valence electrons. The Bertz CT molecular complexity index is 474. The molecule has 0 atom stereocenters. The monoisotopic (exact) mass is 315 g/mol. The van der Waals surface area contributed by atoms with Gasteiger partial charge in [0.2, 0.25) is 0 Å². The van der Waals surface area contributed by atoms with Crippen LogP contribution in [0.15, 0.2) is 17.0 Å². The van der Waals surface area contributed by atoms with Gasteiger partial charge in [-0.05, 0) is 51.3 Å². The van der Waals surface area contributed by atoms with E-state index in [0.29, 0.717) is 0 Å². The highest BCUT2D eigenvalue weighted by Gasteiger charge is 2.14. The second kappa shape index (κ2) is 8.45. The van der Waals surface area contributed by atoms with Gasteiger partial charge in [0.1, 0.15) is 0 Å². The second-order valence-corrected chi connectivity index (χ2v) is 5.80. The number of methoxy groups -OCH3 is 1. The van der Waals surface area contributed by atoms with Crippen molar-refractivity contribution >= 4 is 29.7 Å². The molecule has 0 aromatic carbocycles. The standard InChI is InChI=1S/C15H21NO2S.ClH/c1-11-13(15(17)18-2)10-19-14(11)5-3-4-12-6-8-16-9-7-12;/h4,10,16H,3,5-9H2,1-2H3;1H. The Labute approximate surface area is 130 Å². The van der Waals surface area contributed by atoms with Crippen LogP contribution in [0.4, 0.5) is 0 Å². The maximum absolute atomic E-state index is 11.5. The van der Waals surface area contributed by atoms with Crippen LogP contribution < -0.4 is 5.32 Å². The first kappa shape index (κ1) is 17.2. The van der Waals surface area contributed by atoms with Crippen LogP contribution in [0.25, 0.3) is 0 Å². The van der Waals surface area contributed by atoms with Gasteiger partial charge in [-0.3, -0.25) is 0 Å². The highest BCUT2D eigenvalue weighted by Crippen LogP contribution is 2.24. The molecule has 1 aromatic heterocycles. The zero-order chi connectivity index (χ0) is 13.7. The third-order valence-corrected chi connectivity index (χ3v) is 4.75. The van der Waals surface area contributed by atoms with Gasteiger partial charge in [0, 0.05) is 10.3 Å². The number of thiophene rings is 1. The summed E-state index contributed by atoms with van der Waals surface area (Å²) in [4.78, 5) is 12.8. The van der Waals surface area contributed by atoms with E-state index in [9.17, 15) is 4.79 Å². The fourth-order valence-electron chi connectivity index (χ4n) is 2.37. The first-order chi connectivity index (χ1) is 9.22. The number of ether oxygens (including phenoxy) is 1. The summed E-state index contributed by atoms with van der Waals surface area (Å²) < 4.78 is 4.78. The summed E-state index contributed by atoms with van der Waals surface area (Å²) in [5.74, 6) is -0.225. The molecule has 0 radical (unpaired) electrons. The fourth-order valence-corrected chi connectivity index (χ4v) is 3.43. The van der Waals surface area contributed by atoms with E-state index in [1.54, 1.807) is 16.9 Å². The summed E-state index contributed by atoms with van der Waals surface area (Å²) in [6, 6.07) is 0. The van der Waals surface area contributed by atoms with Crippen molar-refractivity contribution in [3.05, 3.63) is 33.0 Å². The molecule has 1 aliphatic heterocycles. The Morgan fingerprint density at radius 3 is 2.80 bits per heavy atom. The summed E-state index contributed by atoms with van der Waals surface area (Å²) in [5.41, 5.74) is 3.37. The van der Waals surface area contributed by atoms with Gasteiger partial charge in [0.05, 0.1) is 12.7 Å². The van der Waals surface area contributed by atoms with Crippen molar-refractivity contribution in [3.8, 4) is 0 Å². The van der Waals surface area contributed by atoms with Crippen LogP contribution in [0.5, 0.6) is 0 Å². The smallest absolute Gasteiger partial charge is 0.338 e. The minimum absolute atomic E-state index is 0. The number of rotatable bonds is 4. The third-order valence-electron chi connectivity index (χ3n) is 3.60. The van der Waals surface area contributed by atoms with Crippen LogP contribution in [0, 0.1) is 6.92 Å². The number of nitrogens with one attached hydrogen (secondary N) is 1. The van der Waals surface area contributed by atoms with Gasteiger partial charge in [0.25, 0.3) is 0 Å². The zero-order valence-corrected chi connectivity index (χ0v) is 13.7. The SMILES string of the molecule is COC(=O)c1csc(CCC=C2CCNCC2)c1C.Cl. The topological polar surface area (TPSA) is 38.3 Å². The van der Waals surface area contributed by atoms with Crippen molar-refractivity contribution in [3.63, 3.8) is 0 Å². The molecule has 0 spiro atoms. The van der Waals surface area contributed by atoms with Crippen molar-refractivity contribution in [2.75, 3.05) is 20.2 Å². The lowest BCUT2D eigenvalue weighted by molar-refractivity contribution is 0.0600. The molecular weight excluding hydrogens is 294 g/mol. The maximum atomic E-state index is 11.5. The van der Waals surface area contributed by atoms with E-state index in [4.69, 9.17) is 4.74 Å². The number of esters is 1. The van der Waals surface area contributed by atoms with Crippen LogP contribution >= 0.6 is 23.7 Å². The highest BCUT2D eigenvalue weighted by atomic mass is 35.5. The molecule has 0 bridgehead atoms. The number of aryl methyl sites for hydroxylation is 1. The first-order valence-corrected chi connectivity index (χ1v) is 7.64. The van der Waals surface area contributed by atoms with Crippen molar-refractivity contribution in [1.29, 1.82) is 0 Å². The van der Waals surface area contributed by atoms with E-state index < -0.39 is 0 Å². The second-order valence-electron chi connectivity index (χ2n) is 4.84. The maximum Gasteiger partial charge on any atom is 0.338 e. The summed E-state index contributed by atoms with van der Waals surface area (Å²) in [6.07, 6.45) is 6.81. The Morgan fingerprint density at radius 2 is 2.15 bits per heavy atom. The minimum atomic E-state index is -0.225. The molecule has 5 heteroatoms. The molecule has 0 saturated carbocycles. The lowest BCUT2D eigenvalue weighted by atomic mass is 10.0. The third kappa shape index (κ3) is 4.33. The number of hydrogen-bond donors (Lipinski definition) is 1. The molecule has 1 fully saturated rings. The predicted molar refractivity (Wildman–Crippen MR) is 86.2 cm³/mol. The molecule has 1 aliphatic rings. The van der Waals surface area contributed by atoms with Crippen LogP contribution in [-0.2, 0) is 11.2 Å². The van der Waals surface area contributed by atoms with Crippen molar-refractivity contribution < 1.29 is 9.53 Å². The summed E-state index contributed by atoms with van der Waals surface area (Å²) >= 11 is 1.66. The molecule has 0 amide bonds. The lowest BCUT2D eigenvalue weighted by Gasteiger charge is -2.15. The number of hydrogen-bond acceptors (Lipinski definition) is 4. The molecule has 1 saturated heterocycles. The van der Waals surface area contributed by atoms with Gasteiger partial charge in [-0.2, -0.15) is 0 Å². The molecular formula is C15H22ClNO2S.